The minimum absolute atomic E-state index is 0.700. The highest BCUT2D eigenvalue weighted by Crippen LogP contribution is 2.19. The summed E-state index contributed by atoms with van der Waals surface area (Å²) >= 11 is 0. The molecule has 0 aromatic heterocycles. The summed E-state index contributed by atoms with van der Waals surface area (Å²) in [5.74, 6) is 0. The number of hydrogen-bond acceptors (Lipinski definition) is 1. The lowest BCUT2D eigenvalue weighted by molar-refractivity contribution is 1.40. The molecule has 0 aliphatic carbocycles. The van der Waals surface area contributed by atoms with Gasteiger partial charge in [-0.25, -0.2) is 0 Å². The molecule has 0 heterocycles. The van der Waals surface area contributed by atoms with Crippen molar-refractivity contribution in [2.45, 2.75) is 20.8 Å². The lowest BCUT2D eigenvalue weighted by Crippen LogP contribution is -1.79. The van der Waals surface area contributed by atoms with Crippen molar-refractivity contribution in [1.82, 2.24) is 0 Å². The van der Waals surface area contributed by atoms with Gasteiger partial charge in [-0.1, -0.05) is 77.4 Å². The number of hydrogen-bond donors (Lipinski definition) is 0. The summed E-state index contributed by atoms with van der Waals surface area (Å²) in [5.41, 5.74) is 6.95. The van der Waals surface area contributed by atoms with Gasteiger partial charge in [0.05, 0.1) is 11.6 Å². The predicted octanol–water partition coefficient (Wildman–Crippen LogP) is 5.84. The number of aryl methyl sites for hydroxylation is 3. The second-order valence-corrected chi connectivity index (χ2v) is 5.71. The van der Waals surface area contributed by atoms with Gasteiger partial charge in [-0.3, -0.25) is 0 Å². The molecule has 0 fully saturated rings. The Bertz CT molecular complexity index is 752. The van der Waals surface area contributed by atoms with Crippen molar-refractivity contribution < 1.29 is 0 Å². The van der Waals surface area contributed by atoms with Gasteiger partial charge >= 0.3 is 0 Å². The van der Waals surface area contributed by atoms with Crippen molar-refractivity contribution in [2.75, 3.05) is 0 Å². The van der Waals surface area contributed by atoms with Gasteiger partial charge in [-0.05, 0) is 44.0 Å². The van der Waals surface area contributed by atoms with Crippen LogP contribution in [0, 0.1) is 32.1 Å². The molecule has 0 amide bonds. The SMILES string of the molecule is Cc1ccc(-c2ccc(C#N)cc2)cc1.Cc1ccc(C)cc1. The number of nitrogens with zero attached hydrogens (tertiary/aromatic N) is 1. The average Bonchev–Trinajstić information content (AvgIpc) is 2.59. The Morgan fingerprint density at radius 3 is 1.17 bits per heavy atom. The third kappa shape index (κ3) is 5.13. The van der Waals surface area contributed by atoms with Gasteiger partial charge in [0.25, 0.3) is 0 Å². The van der Waals surface area contributed by atoms with Crippen LogP contribution in [0.4, 0.5) is 0 Å². The first-order valence-electron chi connectivity index (χ1n) is 7.69. The standard InChI is InChI=1S/C14H11N.C8H10/c1-11-2-6-13(7-3-11)14-8-4-12(10-15)5-9-14;1-7-3-5-8(2)6-4-7/h2-9H,1H3;3-6H,1-2H3. The van der Waals surface area contributed by atoms with Crippen LogP contribution in [-0.2, 0) is 0 Å². The molecule has 0 radical (unpaired) electrons. The first-order valence-corrected chi connectivity index (χ1v) is 7.69. The van der Waals surface area contributed by atoms with Crippen LogP contribution in [0.25, 0.3) is 11.1 Å². The van der Waals surface area contributed by atoms with E-state index in [4.69, 9.17) is 5.26 Å². The van der Waals surface area contributed by atoms with E-state index < -0.39 is 0 Å². The van der Waals surface area contributed by atoms with E-state index in [0.717, 1.165) is 5.56 Å². The number of benzene rings is 3. The molecule has 0 atom stereocenters. The minimum Gasteiger partial charge on any atom is -0.192 e. The van der Waals surface area contributed by atoms with Crippen molar-refractivity contribution in [3.8, 4) is 17.2 Å². The van der Waals surface area contributed by atoms with E-state index in [9.17, 15) is 0 Å². The van der Waals surface area contributed by atoms with E-state index in [1.54, 1.807) is 0 Å². The molecule has 0 saturated heterocycles. The van der Waals surface area contributed by atoms with Crippen LogP contribution in [0.5, 0.6) is 0 Å². The van der Waals surface area contributed by atoms with Gasteiger partial charge in [0, 0.05) is 0 Å². The Hall–Kier alpha value is -2.85. The summed E-state index contributed by atoms with van der Waals surface area (Å²) in [6, 6.07) is 26.6. The van der Waals surface area contributed by atoms with E-state index in [0.29, 0.717) is 5.56 Å². The van der Waals surface area contributed by atoms with E-state index >= 15 is 0 Å². The van der Waals surface area contributed by atoms with Crippen LogP contribution in [0.15, 0.2) is 72.8 Å². The van der Waals surface area contributed by atoms with Crippen molar-refractivity contribution in [3.05, 3.63) is 95.1 Å². The Labute approximate surface area is 138 Å². The summed E-state index contributed by atoms with van der Waals surface area (Å²) in [7, 11) is 0. The Morgan fingerprint density at radius 1 is 0.522 bits per heavy atom. The van der Waals surface area contributed by atoms with Crippen molar-refractivity contribution in [3.63, 3.8) is 0 Å². The average molecular weight is 299 g/mol. The molecule has 0 N–H and O–H groups in total. The van der Waals surface area contributed by atoms with Crippen molar-refractivity contribution in [2.24, 2.45) is 0 Å². The van der Waals surface area contributed by atoms with Crippen LogP contribution in [0.2, 0.25) is 0 Å². The number of rotatable bonds is 1. The smallest absolute Gasteiger partial charge is 0.0991 e. The largest absolute Gasteiger partial charge is 0.192 e. The Balaban J connectivity index is 0.000000203. The summed E-state index contributed by atoms with van der Waals surface area (Å²) in [5, 5.41) is 8.69. The number of nitriles is 1. The maximum absolute atomic E-state index is 8.69. The highest BCUT2D eigenvalue weighted by molar-refractivity contribution is 5.64. The maximum atomic E-state index is 8.69. The molecule has 0 aliphatic rings. The van der Waals surface area contributed by atoms with Crippen molar-refractivity contribution >= 4 is 0 Å². The van der Waals surface area contributed by atoms with Gasteiger partial charge in [-0.15, -0.1) is 0 Å². The molecule has 0 saturated carbocycles. The molecule has 0 spiro atoms. The van der Waals surface area contributed by atoms with Crippen molar-refractivity contribution in [1.29, 1.82) is 5.26 Å². The monoisotopic (exact) mass is 299 g/mol. The van der Waals surface area contributed by atoms with E-state index in [2.05, 4.69) is 75.4 Å². The van der Waals surface area contributed by atoms with Crippen LogP contribution < -0.4 is 0 Å². The van der Waals surface area contributed by atoms with Crippen LogP contribution in [0.1, 0.15) is 22.3 Å². The Morgan fingerprint density at radius 2 is 0.826 bits per heavy atom. The molecule has 0 aliphatic heterocycles. The molecule has 3 rings (SSSR count). The second-order valence-electron chi connectivity index (χ2n) is 5.71. The van der Waals surface area contributed by atoms with E-state index in [-0.39, 0.29) is 0 Å². The molecule has 114 valence electrons. The fraction of sp³-hybridized carbons (Fsp3) is 0.136. The third-order valence-electron chi connectivity index (χ3n) is 3.62. The topological polar surface area (TPSA) is 23.8 Å². The fourth-order valence-corrected chi connectivity index (χ4v) is 2.12. The highest BCUT2D eigenvalue weighted by Gasteiger charge is 1.96. The third-order valence-corrected chi connectivity index (χ3v) is 3.62. The van der Waals surface area contributed by atoms with Gasteiger partial charge < -0.3 is 0 Å². The summed E-state index contributed by atoms with van der Waals surface area (Å²) in [4.78, 5) is 0. The second kappa shape index (κ2) is 7.96. The van der Waals surface area contributed by atoms with Gasteiger partial charge in [0.2, 0.25) is 0 Å². The molecular formula is C22H21N. The molecule has 23 heavy (non-hydrogen) atoms. The molecule has 1 nitrogen and oxygen atoms in total. The molecular weight excluding hydrogens is 278 g/mol. The van der Waals surface area contributed by atoms with E-state index in [1.165, 1.54) is 22.3 Å². The Kier molecular flexibility index (Phi) is 5.72. The first kappa shape index (κ1) is 16.5. The van der Waals surface area contributed by atoms with Crippen LogP contribution in [-0.4, -0.2) is 0 Å². The van der Waals surface area contributed by atoms with Gasteiger partial charge in [-0.2, -0.15) is 5.26 Å². The quantitative estimate of drug-likeness (QED) is 0.554. The predicted molar refractivity (Wildman–Crippen MR) is 97.2 cm³/mol. The zero-order valence-corrected chi connectivity index (χ0v) is 13.9. The van der Waals surface area contributed by atoms with Crippen LogP contribution in [0.3, 0.4) is 0 Å². The maximum Gasteiger partial charge on any atom is 0.0991 e. The normalized spacial score (nSPS) is 9.48. The lowest BCUT2D eigenvalue weighted by atomic mass is 10.0. The van der Waals surface area contributed by atoms with Gasteiger partial charge in [0.1, 0.15) is 0 Å². The van der Waals surface area contributed by atoms with Gasteiger partial charge in [0.15, 0.2) is 0 Å². The first-order chi connectivity index (χ1) is 11.1. The molecule has 0 bridgehead atoms. The zero-order valence-electron chi connectivity index (χ0n) is 13.9. The highest BCUT2D eigenvalue weighted by atomic mass is 14.2. The minimum atomic E-state index is 0.700. The molecule has 0 unspecified atom stereocenters. The summed E-state index contributed by atoms with van der Waals surface area (Å²) in [6.45, 7) is 6.27. The molecule has 3 aromatic rings. The zero-order chi connectivity index (χ0) is 16.7. The molecule has 3 aromatic carbocycles. The summed E-state index contributed by atoms with van der Waals surface area (Å²) in [6.07, 6.45) is 0. The van der Waals surface area contributed by atoms with Crippen LogP contribution >= 0.6 is 0 Å². The molecule has 1 heteroatoms. The fourth-order valence-electron chi connectivity index (χ4n) is 2.12. The lowest BCUT2D eigenvalue weighted by Gasteiger charge is -2.01. The summed E-state index contributed by atoms with van der Waals surface area (Å²) < 4.78 is 0. The van der Waals surface area contributed by atoms with E-state index in [1.807, 2.05) is 24.3 Å².